The van der Waals surface area contributed by atoms with Crippen molar-refractivity contribution in [1.82, 2.24) is 14.6 Å². The van der Waals surface area contributed by atoms with Gasteiger partial charge in [0.15, 0.2) is 0 Å². The molecular weight excluding hydrogens is 589 g/mol. The molecule has 13 heteroatoms. The molecule has 236 valence electrons. The minimum Gasteiger partial charge on any atom is -0.460 e. The molecule has 5 rings (SSSR count). The Morgan fingerprint density at radius 2 is 1.89 bits per heavy atom. The zero-order valence-corrected chi connectivity index (χ0v) is 26.0. The molecule has 3 aromatic rings. The zero-order valence-electron chi connectivity index (χ0n) is 25.1. The summed E-state index contributed by atoms with van der Waals surface area (Å²) in [6, 6.07) is 14.8. The number of benzene rings is 2. The number of ether oxygens (including phenoxy) is 2. The largest absolute Gasteiger partial charge is 0.460 e. The molecule has 1 saturated carbocycles. The van der Waals surface area contributed by atoms with Crippen molar-refractivity contribution in [3.05, 3.63) is 98.3 Å². The minimum atomic E-state index is -4.29. The van der Waals surface area contributed by atoms with Crippen LogP contribution in [0.3, 0.4) is 0 Å². The Balaban J connectivity index is 1.35. The van der Waals surface area contributed by atoms with Crippen LogP contribution in [0.2, 0.25) is 0 Å². The predicted molar refractivity (Wildman–Crippen MR) is 161 cm³/mol. The van der Waals surface area contributed by atoms with E-state index in [0.29, 0.717) is 24.2 Å². The number of carbonyl (C=O) groups excluding carboxylic acids is 1. The number of nitrogens with one attached hydrogen (secondary N) is 2. The van der Waals surface area contributed by atoms with Crippen molar-refractivity contribution in [2.75, 3.05) is 6.61 Å². The normalized spacial score (nSPS) is 22.5. The van der Waals surface area contributed by atoms with Gasteiger partial charge < -0.3 is 19.1 Å². The number of aromatic amines is 1. The van der Waals surface area contributed by atoms with Crippen LogP contribution in [-0.2, 0) is 30.0 Å². The Morgan fingerprint density at radius 1 is 1.16 bits per heavy atom. The number of rotatable bonds is 12. The third-order valence-corrected chi connectivity index (χ3v) is 9.73. The zero-order chi connectivity index (χ0) is 31.6. The highest BCUT2D eigenvalue weighted by Crippen LogP contribution is 2.62. The summed E-state index contributed by atoms with van der Waals surface area (Å²) in [6.45, 7) is 6.98. The smallest absolute Gasteiger partial charge is 0.459 e. The number of aliphatic hydroxyl groups is 1. The highest BCUT2D eigenvalue weighted by molar-refractivity contribution is 7.52. The first kappa shape index (κ1) is 31.9. The van der Waals surface area contributed by atoms with Gasteiger partial charge in [-0.3, -0.25) is 23.7 Å². The van der Waals surface area contributed by atoms with Crippen molar-refractivity contribution < 1.29 is 33.0 Å². The van der Waals surface area contributed by atoms with Crippen molar-refractivity contribution in [3.8, 4) is 5.75 Å². The van der Waals surface area contributed by atoms with Crippen LogP contribution in [-0.4, -0.2) is 45.5 Å². The van der Waals surface area contributed by atoms with E-state index >= 15 is 0 Å². The minimum absolute atomic E-state index is 0.0307. The Labute approximate surface area is 254 Å². The number of hydrogen-bond donors (Lipinski definition) is 3. The Morgan fingerprint density at radius 3 is 2.55 bits per heavy atom. The molecule has 1 aliphatic carbocycles. The fraction of sp³-hybridized carbons (Fsp3) is 0.452. The van der Waals surface area contributed by atoms with Crippen LogP contribution in [0.15, 0.2) is 70.4 Å². The van der Waals surface area contributed by atoms with Gasteiger partial charge in [-0.2, -0.15) is 5.09 Å². The number of nitrogens with zero attached hydrogens (tertiary/aromatic N) is 1. The van der Waals surface area contributed by atoms with E-state index in [9.17, 15) is 24.1 Å². The highest BCUT2D eigenvalue weighted by Gasteiger charge is 2.64. The second kappa shape index (κ2) is 12.8. The average molecular weight is 628 g/mol. The lowest BCUT2D eigenvalue weighted by atomic mass is 9.96. The van der Waals surface area contributed by atoms with Gasteiger partial charge in [0.1, 0.15) is 30.7 Å². The van der Waals surface area contributed by atoms with Gasteiger partial charge in [0.2, 0.25) is 0 Å². The van der Waals surface area contributed by atoms with Crippen LogP contribution in [0.4, 0.5) is 0 Å². The molecule has 1 spiro atoms. The van der Waals surface area contributed by atoms with E-state index < -0.39 is 54.9 Å². The summed E-state index contributed by atoms with van der Waals surface area (Å²) in [7, 11) is -4.29. The van der Waals surface area contributed by atoms with Crippen LogP contribution >= 0.6 is 7.75 Å². The molecular formula is C31H38N3O9P. The van der Waals surface area contributed by atoms with Crippen LogP contribution in [0.1, 0.15) is 62.4 Å². The molecule has 2 fully saturated rings. The van der Waals surface area contributed by atoms with Crippen LogP contribution < -0.4 is 20.9 Å². The maximum absolute atomic E-state index is 14.3. The van der Waals surface area contributed by atoms with E-state index in [1.165, 1.54) is 23.8 Å². The van der Waals surface area contributed by atoms with Crippen LogP contribution in [0.25, 0.3) is 0 Å². The van der Waals surface area contributed by atoms with Crippen molar-refractivity contribution in [3.63, 3.8) is 0 Å². The number of aromatic nitrogens is 2. The van der Waals surface area contributed by atoms with Gasteiger partial charge in [-0.25, -0.2) is 9.36 Å². The number of esters is 1. The second-order valence-corrected chi connectivity index (χ2v) is 13.4. The molecule has 3 N–H and O–H groups in total. The van der Waals surface area contributed by atoms with Gasteiger partial charge in [-0.15, -0.1) is 0 Å². The van der Waals surface area contributed by atoms with Gasteiger partial charge in [-0.1, -0.05) is 56.3 Å². The summed E-state index contributed by atoms with van der Waals surface area (Å²) in [5.74, 6) is -0.190. The molecule has 1 aliphatic heterocycles. The first-order chi connectivity index (χ1) is 20.9. The van der Waals surface area contributed by atoms with Crippen LogP contribution in [0, 0.1) is 12.3 Å². The molecule has 2 aromatic carbocycles. The summed E-state index contributed by atoms with van der Waals surface area (Å²) < 4.78 is 38.9. The molecule has 44 heavy (non-hydrogen) atoms. The summed E-state index contributed by atoms with van der Waals surface area (Å²) in [5.41, 5.74) is 0.471. The topological polar surface area (TPSA) is 158 Å². The Hall–Kier alpha value is -3.54. The summed E-state index contributed by atoms with van der Waals surface area (Å²) in [6.07, 6.45) is -0.412. The Bertz CT molecular complexity index is 1650. The average Bonchev–Trinajstić information content (AvgIpc) is 3.74. The molecule has 1 unspecified atom stereocenters. The van der Waals surface area contributed by atoms with E-state index in [4.69, 9.17) is 18.5 Å². The maximum atomic E-state index is 14.3. The van der Waals surface area contributed by atoms with Gasteiger partial charge >= 0.3 is 19.4 Å². The van der Waals surface area contributed by atoms with Gasteiger partial charge in [0.05, 0.1) is 12.7 Å². The van der Waals surface area contributed by atoms with Crippen molar-refractivity contribution in [2.45, 2.75) is 77.5 Å². The van der Waals surface area contributed by atoms with Crippen LogP contribution in [0.5, 0.6) is 5.75 Å². The first-order valence-electron chi connectivity index (χ1n) is 14.6. The lowest BCUT2D eigenvalue weighted by molar-refractivity contribution is -0.146. The van der Waals surface area contributed by atoms with E-state index in [1.807, 2.05) is 56.3 Å². The fourth-order valence-electron chi connectivity index (χ4n) is 5.27. The quantitative estimate of drug-likeness (QED) is 0.198. The number of aliphatic hydroxyl groups excluding tert-OH is 1. The molecule has 12 nitrogen and oxygen atoms in total. The third kappa shape index (κ3) is 6.90. The molecule has 5 atom stereocenters. The summed E-state index contributed by atoms with van der Waals surface area (Å²) >= 11 is 0. The second-order valence-electron chi connectivity index (χ2n) is 11.7. The fourth-order valence-corrected chi connectivity index (χ4v) is 6.83. The number of carbonyl (C=O) groups is 1. The monoisotopic (exact) mass is 627 g/mol. The summed E-state index contributed by atoms with van der Waals surface area (Å²) in [4.78, 5) is 39.2. The van der Waals surface area contributed by atoms with E-state index in [2.05, 4.69) is 10.1 Å². The molecule has 0 radical (unpaired) electrons. The van der Waals surface area contributed by atoms with Crippen molar-refractivity contribution >= 4 is 13.7 Å². The lowest BCUT2D eigenvalue weighted by Crippen LogP contribution is -2.37. The highest BCUT2D eigenvalue weighted by atomic mass is 31.2. The SMILES string of the molecule is Cc1ccc(C(C)C)cc1OP(=O)(N[C@H](C)C(=O)OCc1ccccc1)OC[C@H]1O[C@@H](n2ccc(=O)[nH]c2=O)C2(CC2)[C@@H]1O. The van der Waals surface area contributed by atoms with Crippen molar-refractivity contribution in [1.29, 1.82) is 0 Å². The van der Waals surface area contributed by atoms with Gasteiger partial charge in [0, 0.05) is 17.7 Å². The summed E-state index contributed by atoms with van der Waals surface area (Å²) in [5, 5.41) is 13.9. The lowest BCUT2D eigenvalue weighted by Gasteiger charge is -2.25. The van der Waals surface area contributed by atoms with E-state index in [1.54, 1.807) is 13.0 Å². The molecule has 1 saturated heterocycles. The molecule has 1 aromatic heterocycles. The van der Waals surface area contributed by atoms with E-state index in [0.717, 1.165) is 11.1 Å². The number of hydrogen-bond acceptors (Lipinski definition) is 9. The Kier molecular flexibility index (Phi) is 9.29. The van der Waals surface area contributed by atoms with Crippen molar-refractivity contribution in [2.24, 2.45) is 5.41 Å². The van der Waals surface area contributed by atoms with Gasteiger partial charge in [-0.05, 0) is 55.4 Å². The predicted octanol–water partition coefficient (Wildman–Crippen LogP) is 3.93. The number of aryl methyl sites for hydroxylation is 1. The number of H-pyrrole nitrogens is 1. The molecule has 2 heterocycles. The van der Waals surface area contributed by atoms with Gasteiger partial charge in [0.25, 0.3) is 5.56 Å². The first-order valence-corrected chi connectivity index (χ1v) is 16.1. The van der Waals surface area contributed by atoms with E-state index in [-0.39, 0.29) is 19.1 Å². The molecule has 0 bridgehead atoms. The maximum Gasteiger partial charge on any atom is 0.459 e. The standard InChI is InChI=1S/C31H38N3O9P/c1-19(2)23-11-10-20(3)24(16-23)43-44(39,33-21(4)28(37)40-17-22-8-6-5-7-9-22)41-18-25-27(36)31(13-14-31)29(42-25)34-15-12-26(35)32-30(34)38/h5-12,15-16,19,21,25,27,29,36H,13-14,17-18H2,1-4H3,(H,33,39)(H,32,35,38)/t21-,25-,27-,29-,44?/m1/s1. The molecule has 2 aliphatic rings. The molecule has 0 amide bonds. The third-order valence-electron chi connectivity index (χ3n) is 8.10.